The molecular weight excluding hydrogens is 512 g/mol. The Morgan fingerprint density at radius 3 is 1.54 bits per heavy atom. The Balaban J connectivity index is 0.000000142. The maximum Gasteiger partial charge on any atom is 0.153 e. The van der Waals surface area contributed by atoms with Crippen LogP contribution in [0.15, 0.2) is 97.1 Å². The summed E-state index contributed by atoms with van der Waals surface area (Å²) in [5.74, 6) is 0.526. The topological polar surface area (TPSA) is 104 Å². The van der Waals surface area contributed by atoms with Gasteiger partial charge in [-0.15, -0.1) is 0 Å². The summed E-state index contributed by atoms with van der Waals surface area (Å²) in [6.45, 7) is 7.91. The van der Waals surface area contributed by atoms with Crippen molar-refractivity contribution in [3.63, 3.8) is 0 Å². The molecule has 3 N–H and O–H groups in total. The van der Waals surface area contributed by atoms with E-state index in [0.717, 1.165) is 44.4 Å². The van der Waals surface area contributed by atoms with Crippen LogP contribution in [0.1, 0.15) is 32.9 Å². The highest BCUT2D eigenvalue weighted by molar-refractivity contribution is 5.88. The summed E-state index contributed by atoms with van der Waals surface area (Å²) < 4.78 is 0. The molecule has 0 unspecified atom stereocenters. The highest BCUT2D eigenvalue weighted by Crippen LogP contribution is 2.27. The first kappa shape index (κ1) is 28.8. The molecule has 0 aliphatic rings. The number of carbonyl (C=O) groups is 1. The second kappa shape index (κ2) is 12.7. The maximum absolute atomic E-state index is 10.7. The molecule has 2 aromatic heterocycles. The van der Waals surface area contributed by atoms with Gasteiger partial charge in [0.15, 0.2) is 6.29 Å². The van der Waals surface area contributed by atoms with Crippen molar-refractivity contribution in [2.45, 2.75) is 27.7 Å². The Morgan fingerprint density at radius 2 is 1.05 bits per heavy atom. The Bertz CT molecular complexity index is 1740. The molecule has 6 rings (SSSR count). The van der Waals surface area contributed by atoms with E-state index in [9.17, 15) is 20.1 Å². The summed E-state index contributed by atoms with van der Waals surface area (Å²) in [5, 5.41) is 30.5. The lowest BCUT2D eigenvalue weighted by molar-refractivity contribution is 0.112. The van der Waals surface area contributed by atoms with Gasteiger partial charge in [-0.3, -0.25) is 4.79 Å². The largest absolute Gasteiger partial charge is 0.507 e. The van der Waals surface area contributed by atoms with Crippen LogP contribution in [0.3, 0.4) is 0 Å². The number of aryl methyl sites for hydroxylation is 4. The number of carbonyl (C=O) groups excluding carboxylic acids is 1. The van der Waals surface area contributed by atoms with Crippen molar-refractivity contribution in [1.29, 1.82) is 0 Å². The number of benzene rings is 4. The van der Waals surface area contributed by atoms with Gasteiger partial charge in [-0.2, -0.15) is 0 Å². The number of aromatic hydroxyl groups is 3. The van der Waals surface area contributed by atoms with Crippen LogP contribution in [0.25, 0.3) is 32.9 Å². The predicted molar refractivity (Wildman–Crippen MR) is 165 cm³/mol. The van der Waals surface area contributed by atoms with Gasteiger partial charge < -0.3 is 15.3 Å². The van der Waals surface area contributed by atoms with E-state index < -0.39 is 0 Å². The number of phenols is 3. The average Bonchev–Trinajstić information content (AvgIpc) is 2.96. The van der Waals surface area contributed by atoms with Gasteiger partial charge in [0.05, 0.1) is 5.56 Å². The van der Waals surface area contributed by atoms with Crippen molar-refractivity contribution < 1.29 is 20.1 Å². The smallest absolute Gasteiger partial charge is 0.153 e. The summed E-state index contributed by atoms with van der Waals surface area (Å²) in [6.07, 6.45) is 0.655. The highest BCUT2D eigenvalue weighted by atomic mass is 16.3. The molecule has 6 nitrogen and oxygen atoms in total. The molecule has 0 aliphatic heterocycles. The molecular formula is C35H32N2O4. The molecule has 2 heterocycles. The van der Waals surface area contributed by atoms with Gasteiger partial charge in [-0.1, -0.05) is 60.7 Å². The first-order chi connectivity index (χ1) is 19.7. The fourth-order valence-electron chi connectivity index (χ4n) is 4.59. The van der Waals surface area contributed by atoms with Crippen LogP contribution in [0, 0.1) is 27.7 Å². The van der Waals surface area contributed by atoms with Crippen LogP contribution in [0.4, 0.5) is 0 Å². The lowest BCUT2D eigenvalue weighted by Crippen LogP contribution is -1.87. The van der Waals surface area contributed by atoms with E-state index in [0.29, 0.717) is 22.9 Å². The van der Waals surface area contributed by atoms with E-state index in [1.807, 2.05) is 94.4 Å². The zero-order chi connectivity index (χ0) is 29.5. The number of nitrogens with zero attached hydrogens (tertiary/aromatic N) is 2. The van der Waals surface area contributed by atoms with Crippen LogP contribution in [0.5, 0.6) is 17.2 Å². The van der Waals surface area contributed by atoms with Crippen molar-refractivity contribution in [3.8, 4) is 28.4 Å². The number of fused-ring (bicyclic) bond motifs is 2. The third-order valence-electron chi connectivity index (χ3n) is 6.57. The Labute approximate surface area is 239 Å². The Morgan fingerprint density at radius 1 is 0.537 bits per heavy atom. The molecule has 4 aromatic carbocycles. The number of phenolic OH excluding ortho intramolecular Hbond substituents is 3. The summed E-state index contributed by atoms with van der Waals surface area (Å²) >= 11 is 0. The second-order valence-electron chi connectivity index (χ2n) is 9.77. The van der Waals surface area contributed by atoms with Crippen LogP contribution >= 0.6 is 0 Å². The SMILES string of the molecule is Cc1cc(C)c2cccc(O)c2n1.Cc1cc(C)c2cccc(O)c2n1.O=Cc1cc(-c2ccccc2)ccc1O. The molecule has 0 bridgehead atoms. The number of aromatic nitrogens is 2. The van der Waals surface area contributed by atoms with Gasteiger partial charge in [0, 0.05) is 22.2 Å². The predicted octanol–water partition coefficient (Wildman–Crippen LogP) is 7.99. The zero-order valence-corrected chi connectivity index (χ0v) is 23.5. The molecule has 0 radical (unpaired) electrons. The number of rotatable bonds is 2. The maximum atomic E-state index is 10.7. The molecule has 206 valence electrons. The van der Waals surface area contributed by atoms with E-state index in [-0.39, 0.29) is 17.2 Å². The third-order valence-corrected chi connectivity index (χ3v) is 6.57. The Kier molecular flexibility index (Phi) is 8.95. The van der Waals surface area contributed by atoms with Crippen molar-refractivity contribution >= 4 is 28.1 Å². The third kappa shape index (κ3) is 6.86. The molecule has 0 atom stereocenters. The summed E-state index contributed by atoms with van der Waals surface area (Å²) in [6, 6.07) is 29.7. The molecule has 0 saturated heterocycles. The molecule has 0 aliphatic carbocycles. The second-order valence-corrected chi connectivity index (χ2v) is 9.77. The van der Waals surface area contributed by atoms with Crippen LogP contribution in [-0.2, 0) is 0 Å². The summed E-state index contributed by atoms with van der Waals surface area (Å²) in [4.78, 5) is 19.2. The zero-order valence-electron chi connectivity index (χ0n) is 23.5. The molecule has 6 aromatic rings. The molecule has 0 amide bonds. The lowest BCUT2D eigenvalue weighted by Gasteiger charge is -2.04. The minimum Gasteiger partial charge on any atom is -0.507 e. The normalized spacial score (nSPS) is 10.3. The molecule has 0 fully saturated rings. The first-order valence-corrected chi connectivity index (χ1v) is 13.1. The van der Waals surface area contributed by atoms with E-state index in [1.165, 1.54) is 6.07 Å². The monoisotopic (exact) mass is 544 g/mol. The Hall–Kier alpha value is -5.23. The van der Waals surface area contributed by atoms with Crippen LogP contribution in [0.2, 0.25) is 0 Å². The number of pyridine rings is 2. The fraction of sp³-hybridized carbons (Fsp3) is 0.114. The minimum absolute atomic E-state index is 0.0182. The first-order valence-electron chi connectivity index (χ1n) is 13.1. The average molecular weight is 545 g/mol. The summed E-state index contributed by atoms with van der Waals surface area (Å²) in [7, 11) is 0. The van der Waals surface area contributed by atoms with E-state index >= 15 is 0 Å². The number of aldehydes is 1. The van der Waals surface area contributed by atoms with Gasteiger partial charge >= 0.3 is 0 Å². The van der Waals surface area contributed by atoms with Crippen molar-refractivity contribution in [1.82, 2.24) is 9.97 Å². The van der Waals surface area contributed by atoms with Gasteiger partial charge in [-0.05, 0) is 86.3 Å². The summed E-state index contributed by atoms with van der Waals surface area (Å²) in [5.41, 5.74) is 7.84. The highest BCUT2D eigenvalue weighted by Gasteiger charge is 2.05. The van der Waals surface area contributed by atoms with E-state index in [2.05, 4.69) is 9.97 Å². The standard InChI is InChI=1S/C13H10O2.2C11H11NO/c14-9-12-8-11(6-7-13(12)15)10-4-2-1-3-5-10;2*1-7-6-8(2)12-11-9(7)4-3-5-10(11)13/h1-9,15H;2*3-6,13H,1-2H3. The fourth-order valence-corrected chi connectivity index (χ4v) is 4.59. The minimum atomic E-state index is 0.0182. The van der Waals surface area contributed by atoms with Crippen molar-refractivity contribution in [2.75, 3.05) is 0 Å². The van der Waals surface area contributed by atoms with Crippen LogP contribution in [-0.4, -0.2) is 31.6 Å². The van der Waals surface area contributed by atoms with Crippen molar-refractivity contribution in [3.05, 3.63) is 125 Å². The number of hydrogen-bond donors (Lipinski definition) is 3. The van der Waals surface area contributed by atoms with Gasteiger partial charge in [0.25, 0.3) is 0 Å². The molecule has 0 saturated carbocycles. The number of para-hydroxylation sites is 2. The van der Waals surface area contributed by atoms with Crippen molar-refractivity contribution in [2.24, 2.45) is 0 Å². The van der Waals surface area contributed by atoms with E-state index in [1.54, 1.807) is 24.3 Å². The van der Waals surface area contributed by atoms with Gasteiger partial charge in [-0.25, -0.2) is 9.97 Å². The quantitative estimate of drug-likeness (QED) is 0.191. The van der Waals surface area contributed by atoms with E-state index in [4.69, 9.17) is 0 Å². The molecule has 0 spiro atoms. The van der Waals surface area contributed by atoms with Gasteiger partial charge in [0.2, 0.25) is 0 Å². The lowest BCUT2D eigenvalue weighted by atomic mass is 10.0. The van der Waals surface area contributed by atoms with Gasteiger partial charge in [0.1, 0.15) is 28.3 Å². The molecule has 41 heavy (non-hydrogen) atoms. The molecule has 6 heteroatoms. The number of hydrogen-bond acceptors (Lipinski definition) is 6. The van der Waals surface area contributed by atoms with Crippen LogP contribution < -0.4 is 0 Å².